The third-order valence-corrected chi connectivity index (χ3v) is 1.87. The SMILES string of the molecule is COc1cc(CO)c(C=O)c(O)c1O. The number of hydrogen-bond donors (Lipinski definition) is 3. The first-order valence-electron chi connectivity index (χ1n) is 3.83. The molecule has 0 unspecified atom stereocenters. The number of aliphatic hydroxyl groups excluding tert-OH is 1. The highest BCUT2D eigenvalue weighted by Crippen LogP contribution is 2.39. The number of carbonyl (C=O) groups is 1. The summed E-state index contributed by atoms with van der Waals surface area (Å²) >= 11 is 0. The molecule has 0 heterocycles. The summed E-state index contributed by atoms with van der Waals surface area (Å²) in [6.45, 7) is -0.418. The molecule has 0 saturated carbocycles. The average molecular weight is 198 g/mol. The lowest BCUT2D eigenvalue weighted by Gasteiger charge is -2.10. The van der Waals surface area contributed by atoms with Crippen LogP contribution in [0.5, 0.6) is 17.2 Å². The van der Waals surface area contributed by atoms with Crippen LogP contribution in [0, 0.1) is 0 Å². The molecule has 5 nitrogen and oxygen atoms in total. The molecule has 0 saturated heterocycles. The number of carbonyl (C=O) groups excluding carboxylic acids is 1. The smallest absolute Gasteiger partial charge is 0.201 e. The molecule has 0 aliphatic heterocycles. The van der Waals surface area contributed by atoms with E-state index in [1.54, 1.807) is 0 Å². The summed E-state index contributed by atoms with van der Waals surface area (Å²) in [5.74, 6) is -1.08. The lowest BCUT2D eigenvalue weighted by Crippen LogP contribution is -1.96. The Bertz CT molecular complexity index is 359. The van der Waals surface area contributed by atoms with Crippen molar-refractivity contribution in [2.45, 2.75) is 6.61 Å². The number of phenolic OH excluding ortho intramolecular Hbond substituents is 2. The molecule has 0 aliphatic rings. The number of rotatable bonds is 3. The van der Waals surface area contributed by atoms with E-state index < -0.39 is 18.1 Å². The zero-order valence-electron chi connectivity index (χ0n) is 7.52. The molecule has 5 heteroatoms. The molecule has 0 bridgehead atoms. The Kier molecular flexibility index (Phi) is 2.93. The highest BCUT2D eigenvalue weighted by molar-refractivity contribution is 5.84. The Hall–Kier alpha value is -1.75. The monoisotopic (exact) mass is 198 g/mol. The first kappa shape index (κ1) is 10.3. The molecule has 3 N–H and O–H groups in total. The van der Waals surface area contributed by atoms with Gasteiger partial charge in [-0.2, -0.15) is 0 Å². The molecule has 0 amide bonds. The third kappa shape index (κ3) is 1.49. The van der Waals surface area contributed by atoms with E-state index in [1.807, 2.05) is 0 Å². The Morgan fingerprint density at radius 2 is 2.07 bits per heavy atom. The number of hydrogen-bond acceptors (Lipinski definition) is 5. The van der Waals surface area contributed by atoms with Crippen LogP contribution in [0.3, 0.4) is 0 Å². The largest absolute Gasteiger partial charge is 0.504 e. The molecule has 0 aliphatic carbocycles. The van der Waals surface area contributed by atoms with Crippen molar-refractivity contribution in [2.75, 3.05) is 7.11 Å². The second-order valence-corrected chi connectivity index (χ2v) is 2.62. The molecular weight excluding hydrogens is 188 g/mol. The van der Waals surface area contributed by atoms with Crippen molar-refractivity contribution in [1.82, 2.24) is 0 Å². The van der Waals surface area contributed by atoms with Gasteiger partial charge < -0.3 is 20.1 Å². The predicted octanol–water partition coefficient (Wildman–Crippen LogP) is 0.411. The summed E-state index contributed by atoms with van der Waals surface area (Å²) in [4.78, 5) is 10.5. The van der Waals surface area contributed by atoms with Gasteiger partial charge in [-0.25, -0.2) is 0 Å². The van der Waals surface area contributed by atoms with Crippen LogP contribution in [0.2, 0.25) is 0 Å². The Morgan fingerprint density at radius 1 is 1.43 bits per heavy atom. The maximum Gasteiger partial charge on any atom is 0.201 e. The van der Waals surface area contributed by atoms with Crippen LogP contribution in [0.4, 0.5) is 0 Å². The summed E-state index contributed by atoms with van der Waals surface area (Å²) in [6, 6.07) is 1.29. The summed E-state index contributed by atoms with van der Waals surface area (Å²) in [5.41, 5.74) is 0.0675. The van der Waals surface area contributed by atoms with Crippen LogP contribution in [-0.4, -0.2) is 28.7 Å². The highest BCUT2D eigenvalue weighted by atomic mass is 16.5. The Labute approximate surface area is 80.2 Å². The normalized spacial score (nSPS) is 9.86. The van der Waals surface area contributed by atoms with Gasteiger partial charge in [0.25, 0.3) is 0 Å². The van der Waals surface area contributed by atoms with Gasteiger partial charge in [0, 0.05) is 0 Å². The van der Waals surface area contributed by atoms with E-state index >= 15 is 0 Å². The lowest BCUT2D eigenvalue weighted by molar-refractivity contribution is 0.111. The van der Waals surface area contributed by atoms with Gasteiger partial charge in [0.05, 0.1) is 19.3 Å². The van der Waals surface area contributed by atoms with Crippen LogP contribution in [0.25, 0.3) is 0 Å². The molecule has 76 valence electrons. The fraction of sp³-hybridized carbons (Fsp3) is 0.222. The molecule has 0 fully saturated rings. The van der Waals surface area contributed by atoms with Gasteiger partial charge in [-0.3, -0.25) is 4.79 Å². The second-order valence-electron chi connectivity index (χ2n) is 2.62. The summed E-state index contributed by atoms with van der Waals surface area (Å²) in [5, 5.41) is 27.5. The van der Waals surface area contributed by atoms with Crippen molar-refractivity contribution in [2.24, 2.45) is 0 Å². The van der Waals surface area contributed by atoms with Crippen molar-refractivity contribution < 1.29 is 24.9 Å². The van der Waals surface area contributed by atoms with Crippen LogP contribution < -0.4 is 4.74 Å². The zero-order chi connectivity index (χ0) is 10.7. The maximum absolute atomic E-state index is 10.5. The number of aromatic hydroxyl groups is 2. The topological polar surface area (TPSA) is 87.0 Å². The molecule has 1 aromatic carbocycles. The minimum atomic E-state index is -0.580. The summed E-state index contributed by atoms with van der Waals surface area (Å²) in [6.07, 6.45) is 0.361. The molecule has 14 heavy (non-hydrogen) atoms. The first-order chi connectivity index (χ1) is 6.65. The minimum absolute atomic E-state index is 0.0113. The summed E-state index contributed by atoms with van der Waals surface area (Å²) in [7, 11) is 1.30. The van der Waals surface area contributed by atoms with Gasteiger partial charge in [0.1, 0.15) is 0 Å². The van der Waals surface area contributed by atoms with E-state index in [0.717, 1.165) is 0 Å². The van der Waals surface area contributed by atoms with Crippen molar-refractivity contribution in [1.29, 1.82) is 0 Å². The van der Waals surface area contributed by atoms with Crippen LogP contribution >= 0.6 is 0 Å². The number of phenols is 2. The van der Waals surface area contributed by atoms with Crippen LogP contribution in [0.1, 0.15) is 15.9 Å². The number of ether oxygens (including phenoxy) is 1. The molecule has 1 rings (SSSR count). The van der Waals surface area contributed by atoms with E-state index in [9.17, 15) is 15.0 Å². The zero-order valence-corrected chi connectivity index (χ0v) is 7.52. The van der Waals surface area contributed by atoms with E-state index in [4.69, 9.17) is 9.84 Å². The van der Waals surface area contributed by atoms with E-state index in [-0.39, 0.29) is 16.9 Å². The van der Waals surface area contributed by atoms with Gasteiger partial charge >= 0.3 is 0 Å². The standard InChI is InChI=1S/C9H10O5/c1-14-7-2-5(3-10)6(4-11)8(12)9(7)13/h2,4,10,12-13H,3H2,1H3. The maximum atomic E-state index is 10.5. The molecule has 0 atom stereocenters. The fourth-order valence-corrected chi connectivity index (χ4v) is 1.12. The average Bonchev–Trinajstić information content (AvgIpc) is 2.21. The molecular formula is C9H10O5. The van der Waals surface area contributed by atoms with Crippen molar-refractivity contribution in [3.63, 3.8) is 0 Å². The van der Waals surface area contributed by atoms with Gasteiger partial charge in [-0.1, -0.05) is 0 Å². The number of benzene rings is 1. The number of aldehydes is 1. The Balaban J connectivity index is 3.45. The van der Waals surface area contributed by atoms with Gasteiger partial charge in [0.15, 0.2) is 17.8 Å². The quantitative estimate of drug-likeness (QED) is 0.483. The minimum Gasteiger partial charge on any atom is -0.504 e. The van der Waals surface area contributed by atoms with Crippen molar-refractivity contribution >= 4 is 6.29 Å². The van der Waals surface area contributed by atoms with E-state index in [2.05, 4.69) is 0 Å². The van der Waals surface area contributed by atoms with Crippen molar-refractivity contribution in [3.05, 3.63) is 17.2 Å². The van der Waals surface area contributed by atoms with Gasteiger partial charge in [0.2, 0.25) is 5.75 Å². The summed E-state index contributed by atoms with van der Waals surface area (Å²) < 4.78 is 4.73. The van der Waals surface area contributed by atoms with E-state index in [0.29, 0.717) is 6.29 Å². The molecule has 0 aromatic heterocycles. The fourth-order valence-electron chi connectivity index (χ4n) is 1.12. The first-order valence-corrected chi connectivity index (χ1v) is 3.83. The number of methoxy groups -OCH3 is 1. The van der Waals surface area contributed by atoms with Gasteiger partial charge in [-0.05, 0) is 11.6 Å². The molecule has 0 radical (unpaired) electrons. The second kappa shape index (κ2) is 3.97. The molecule has 1 aromatic rings. The van der Waals surface area contributed by atoms with Crippen molar-refractivity contribution in [3.8, 4) is 17.2 Å². The third-order valence-electron chi connectivity index (χ3n) is 1.87. The highest BCUT2D eigenvalue weighted by Gasteiger charge is 2.16. The van der Waals surface area contributed by atoms with Crippen LogP contribution in [-0.2, 0) is 6.61 Å². The Morgan fingerprint density at radius 3 is 2.50 bits per heavy atom. The predicted molar refractivity (Wildman–Crippen MR) is 47.6 cm³/mol. The van der Waals surface area contributed by atoms with Crippen LogP contribution in [0.15, 0.2) is 6.07 Å². The lowest BCUT2D eigenvalue weighted by atomic mass is 10.1. The van der Waals surface area contributed by atoms with Gasteiger partial charge in [-0.15, -0.1) is 0 Å². The van der Waals surface area contributed by atoms with E-state index in [1.165, 1.54) is 13.2 Å². The molecule has 0 spiro atoms. The number of aliphatic hydroxyl groups is 1.